The zero-order valence-electron chi connectivity index (χ0n) is 22.0. The van der Waals surface area contributed by atoms with Crippen LogP contribution in [0.4, 0.5) is 0 Å². The van der Waals surface area contributed by atoms with Crippen molar-refractivity contribution in [1.29, 1.82) is 0 Å². The van der Waals surface area contributed by atoms with E-state index in [2.05, 4.69) is 92.9 Å². The van der Waals surface area contributed by atoms with Crippen molar-refractivity contribution < 1.29 is 0 Å². The molecule has 184 valence electrons. The van der Waals surface area contributed by atoms with E-state index in [0.717, 1.165) is 67.9 Å². The number of hydrogen-bond acceptors (Lipinski definition) is 6. The van der Waals surface area contributed by atoms with Gasteiger partial charge in [0.2, 0.25) is 7.98 Å². The predicted molar refractivity (Wildman–Crippen MR) is 144 cm³/mol. The largest absolute Gasteiger partial charge is 0.441 e. The van der Waals surface area contributed by atoms with Gasteiger partial charge in [0.1, 0.15) is 5.82 Å². The summed E-state index contributed by atoms with van der Waals surface area (Å²) in [7, 11) is 5.31. The Morgan fingerprint density at radius 2 is 1.58 bits per heavy atom. The quantitative estimate of drug-likeness (QED) is 0.0913. The predicted octanol–water partition coefficient (Wildman–Crippen LogP) is 5.12. The van der Waals surface area contributed by atoms with E-state index in [9.17, 15) is 0 Å². The van der Waals surface area contributed by atoms with Gasteiger partial charge in [0, 0.05) is 35.5 Å². The highest BCUT2D eigenvalue weighted by atomic mass is 15.5. The van der Waals surface area contributed by atoms with Crippen molar-refractivity contribution in [2.24, 2.45) is 21.3 Å². The van der Waals surface area contributed by atoms with E-state index in [4.69, 9.17) is 7.98 Å². The highest BCUT2D eigenvalue weighted by molar-refractivity contribution is 6.05. The van der Waals surface area contributed by atoms with E-state index in [1.165, 1.54) is 6.42 Å². The Kier molecular flexibility index (Phi) is 10.7. The molecule has 7 heteroatoms. The first kappa shape index (κ1) is 28.7. The van der Waals surface area contributed by atoms with Crippen molar-refractivity contribution in [2.75, 3.05) is 6.54 Å². The number of nitrogens with zero attached hydrogens (tertiary/aromatic N) is 1. The number of allylic oxidation sites excluding steroid dienone is 2. The second-order valence-electron chi connectivity index (χ2n) is 11.3. The summed E-state index contributed by atoms with van der Waals surface area (Å²) in [4.78, 5) is 0. The molecule has 2 radical (unpaired) electrons. The molecule has 1 saturated carbocycles. The molecule has 0 spiro atoms. The molecule has 1 aliphatic carbocycles. The monoisotopic (exact) mass is 454 g/mol. The van der Waals surface area contributed by atoms with Gasteiger partial charge < -0.3 is 16.0 Å². The minimum atomic E-state index is 0.182. The Labute approximate surface area is 204 Å². The molecule has 0 aliphatic heterocycles. The van der Waals surface area contributed by atoms with Crippen LogP contribution in [0.2, 0.25) is 0 Å². The third kappa shape index (κ3) is 10.0. The Morgan fingerprint density at radius 3 is 2.12 bits per heavy atom. The third-order valence-electron chi connectivity index (χ3n) is 6.33. The van der Waals surface area contributed by atoms with Crippen LogP contribution in [0.5, 0.6) is 0 Å². The highest BCUT2D eigenvalue weighted by Gasteiger charge is 2.63. The van der Waals surface area contributed by atoms with Gasteiger partial charge in [0.05, 0.1) is 0 Å². The molecule has 6 nitrogen and oxygen atoms in total. The SMILES string of the molecule is [B]NC(=C)CCCC/C(C)=N\NC(=C)NNC(=C)CCNC(=C)C1(CC(C)(C)C)CC1(C)C. The normalized spacial score (nSPS) is 19.3. The van der Waals surface area contributed by atoms with Crippen molar-refractivity contribution in [3.8, 4) is 0 Å². The van der Waals surface area contributed by atoms with E-state index in [1.807, 2.05) is 6.92 Å². The lowest BCUT2D eigenvalue weighted by Gasteiger charge is -2.31. The van der Waals surface area contributed by atoms with Crippen molar-refractivity contribution in [3.05, 3.63) is 49.2 Å². The van der Waals surface area contributed by atoms with Gasteiger partial charge in [-0.3, -0.25) is 10.9 Å². The van der Waals surface area contributed by atoms with Crippen LogP contribution >= 0.6 is 0 Å². The van der Waals surface area contributed by atoms with E-state index in [-0.39, 0.29) is 10.8 Å². The fourth-order valence-electron chi connectivity index (χ4n) is 4.34. The Balaban J connectivity index is 2.27. The van der Waals surface area contributed by atoms with Gasteiger partial charge in [-0.05, 0) is 62.0 Å². The first-order valence-electron chi connectivity index (χ1n) is 12.0. The minimum absolute atomic E-state index is 0.182. The van der Waals surface area contributed by atoms with Crippen LogP contribution in [0.3, 0.4) is 0 Å². The topological polar surface area (TPSA) is 72.5 Å². The summed E-state index contributed by atoms with van der Waals surface area (Å²) in [6, 6.07) is 0. The summed E-state index contributed by atoms with van der Waals surface area (Å²) in [5.74, 6) is 0.567. The van der Waals surface area contributed by atoms with Crippen LogP contribution in [0.15, 0.2) is 54.3 Å². The van der Waals surface area contributed by atoms with Crippen LogP contribution in [0.25, 0.3) is 0 Å². The summed E-state index contributed by atoms with van der Waals surface area (Å²) < 4.78 is 0. The zero-order chi connectivity index (χ0) is 25.3. The molecule has 0 bridgehead atoms. The number of nitrogens with one attached hydrogen (secondary N) is 5. The summed E-state index contributed by atoms with van der Waals surface area (Å²) in [6.07, 6.45) is 6.93. The van der Waals surface area contributed by atoms with Crippen LogP contribution in [0, 0.1) is 16.2 Å². The maximum Gasteiger partial charge on any atom is 0.222 e. The maximum absolute atomic E-state index is 5.31. The smallest absolute Gasteiger partial charge is 0.222 e. The number of hydrazine groups is 1. The number of unbranched alkanes of at least 4 members (excludes halogenated alkanes) is 1. The molecule has 0 aromatic heterocycles. The van der Waals surface area contributed by atoms with E-state index in [1.54, 1.807) is 0 Å². The third-order valence-corrected chi connectivity index (χ3v) is 6.33. The highest BCUT2D eigenvalue weighted by Crippen LogP contribution is 2.70. The molecule has 33 heavy (non-hydrogen) atoms. The molecule has 1 fully saturated rings. The summed E-state index contributed by atoms with van der Waals surface area (Å²) in [5.41, 5.74) is 13.7. The molecule has 1 aliphatic rings. The molecular formula is C26H47BN6. The van der Waals surface area contributed by atoms with Crippen molar-refractivity contribution >= 4 is 13.7 Å². The molecule has 0 heterocycles. The Bertz CT molecular complexity index is 746. The number of rotatable bonds is 17. The standard InChI is InChI=1S/C26H47BN6/c1-19(29-27)13-11-12-14-20(2)30-32-23(5)33-31-21(3)15-16-28-22(4)26(17-24(6,7)8)18-25(26,9)10/h28-29,31-33H,1,3-5,11-18H2,2,6-10H3/b30-20-. The Hall–Kier alpha value is -2.31. The first-order valence-corrected chi connectivity index (χ1v) is 12.0. The van der Waals surface area contributed by atoms with Gasteiger partial charge in [-0.1, -0.05) is 60.9 Å². The van der Waals surface area contributed by atoms with Crippen LogP contribution in [0.1, 0.15) is 86.5 Å². The zero-order valence-corrected chi connectivity index (χ0v) is 22.0. The molecule has 0 amide bonds. The van der Waals surface area contributed by atoms with E-state index in [0.29, 0.717) is 11.2 Å². The number of hydrazone groups is 1. The van der Waals surface area contributed by atoms with Gasteiger partial charge in [0.25, 0.3) is 0 Å². The van der Waals surface area contributed by atoms with Gasteiger partial charge in [-0.15, -0.1) is 0 Å². The molecule has 1 atom stereocenters. The average Bonchev–Trinajstić information content (AvgIpc) is 3.26. The molecule has 0 aromatic carbocycles. The fraction of sp³-hybridized carbons (Fsp3) is 0.654. The van der Waals surface area contributed by atoms with Gasteiger partial charge >= 0.3 is 0 Å². The van der Waals surface area contributed by atoms with Crippen LogP contribution < -0.4 is 26.8 Å². The summed E-state index contributed by atoms with van der Waals surface area (Å²) >= 11 is 0. The van der Waals surface area contributed by atoms with Crippen molar-refractivity contribution in [2.45, 2.75) is 86.5 Å². The number of hydrogen-bond donors (Lipinski definition) is 5. The molecule has 5 N–H and O–H groups in total. The minimum Gasteiger partial charge on any atom is -0.441 e. The first-order chi connectivity index (χ1) is 15.2. The van der Waals surface area contributed by atoms with Gasteiger partial charge in [-0.25, -0.2) is 0 Å². The fourth-order valence-corrected chi connectivity index (χ4v) is 4.34. The van der Waals surface area contributed by atoms with Crippen molar-refractivity contribution in [3.63, 3.8) is 0 Å². The lowest BCUT2D eigenvalue weighted by Crippen LogP contribution is -2.35. The second kappa shape index (κ2) is 12.2. The molecule has 0 saturated heterocycles. The second-order valence-corrected chi connectivity index (χ2v) is 11.3. The van der Waals surface area contributed by atoms with Crippen LogP contribution in [-0.4, -0.2) is 20.2 Å². The summed E-state index contributed by atoms with van der Waals surface area (Å²) in [5, 5.41) is 10.5. The molecule has 0 aromatic rings. The molecule has 1 rings (SSSR count). The molecular weight excluding hydrogens is 407 g/mol. The van der Waals surface area contributed by atoms with Gasteiger partial charge in [-0.2, -0.15) is 5.10 Å². The van der Waals surface area contributed by atoms with E-state index < -0.39 is 0 Å². The Morgan fingerprint density at radius 1 is 0.970 bits per heavy atom. The molecule has 1 unspecified atom stereocenters. The average molecular weight is 455 g/mol. The maximum atomic E-state index is 5.31. The summed E-state index contributed by atoms with van der Waals surface area (Å²) in [6.45, 7) is 30.6. The van der Waals surface area contributed by atoms with Crippen molar-refractivity contribution in [1.82, 2.24) is 26.8 Å². The van der Waals surface area contributed by atoms with E-state index >= 15 is 0 Å². The van der Waals surface area contributed by atoms with Gasteiger partial charge in [0.15, 0.2) is 0 Å². The van der Waals surface area contributed by atoms with Crippen LogP contribution in [-0.2, 0) is 0 Å². The lowest BCUT2D eigenvalue weighted by molar-refractivity contribution is 0.258. The lowest BCUT2D eigenvalue weighted by atomic mass is 9.77.